The lowest BCUT2D eigenvalue weighted by Crippen LogP contribution is -2.25. The lowest BCUT2D eigenvalue weighted by molar-refractivity contribution is 0.271. The molecule has 2 unspecified atom stereocenters. The van der Waals surface area contributed by atoms with Crippen molar-refractivity contribution in [2.75, 3.05) is 0 Å². The fraction of sp³-hybridized carbons (Fsp3) is 0.286. The highest BCUT2D eigenvalue weighted by Gasteiger charge is 2.39. The van der Waals surface area contributed by atoms with Crippen molar-refractivity contribution >= 4 is 11.6 Å². The molecule has 58 valence electrons. The zero-order valence-corrected chi connectivity index (χ0v) is 6.15. The Bertz CT molecular complexity index is 262. The van der Waals surface area contributed by atoms with E-state index >= 15 is 0 Å². The maximum Gasteiger partial charge on any atom is 0.224 e. The summed E-state index contributed by atoms with van der Waals surface area (Å²) >= 11 is 5.18. The molecule has 1 rings (SSSR count). The molecular formula is C7H4ClF2N. The summed E-state index contributed by atoms with van der Waals surface area (Å²) in [6.07, 6.45) is 3.12. The van der Waals surface area contributed by atoms with E-state index in [1.165, 1.54) is 6.07 Å². The van der Waals surface area contributed by atoms with Crippen LogP contribution in [0.25, 0.3) is 0 Å². The Hall–Kier alpha value is -0.880. The SMILES string of the molecule is N#CC1C(F)=CC=CC1(F)Cl. The second-order valence-electron chi connectivity index (χ2n) is 2.15. The summed E-state index contributed by atoms with van der Waals surface area (Å²) < 4.78 is 25.6. The molecule has 1 nitrogen and oxygen atoms in total. The molecule has 0 saturated carbocycles. The summed E-state index contributed by atoms with van der Waals surface area (Å²) in [4.78, 5) is 0. The minimum atomic E-state index is -2.40. The first kappa shape index (κ1) is 8.22. The molecule has 0 fully saturated rings. The van der Waals surface area contributed by atoms with Gasteiger partial charge in [-0.3, -0.25) is 0 Å². The van der Waals surface area contributed by atoms with Gasteiger partial charge in [0.05, 0.1) is 6.07 Å². The molecule has 0 spiro atoms. The van der Waals surface area contributed by atoms with Gasteiger partial charge >= 0.3 is 0 Å². The fourth-order valence-corrected chi connectivity index (χ4v) is 1.02. The number of nitrogens with zero attached hydrogens (tertiary/aromatic N) is 1. The van der Waals surface area contributed by atoms with E-state index in [1.54, 1.807) is 0 Å². The summed E-state index contributed by atoms with van der Waals surface area (Å²) in [5.74, 6) is -2.36. The molecular weight excluding hydrogens is 172 g/mol. The van der Waals surface area contributed by atoms with Crippen LogP contribution in [0.2, 0.25) is 0 Å². The number of hydrogen-bond donors (Lipinski definition) is 0. The van der Waals surface area contributed by atoms with Gasteiger partial charge in [-0.1, -0.05) is 17.7 Å². The van der Waals surface area contributed by atoms with Crippen molar-refractivity contribution in [3.63, 3.8) is 0 Å². The number of nitriles is 1. The van der Waals surface area contributed by atoms with Crippen LogP contribution in [0.15, 0.2) is 24.1 Å². The van der Waals surface area contributed by atoms with Crippen LogP contribution in [0, 0.1) is 17.2 Å². The van der Waals surface area contributed by atoms with E-state index in [0.717, 1.165) is 18.2 Å². The van der Waals surface area contributed by atoms with Gasteiger partial charge in [0.1, 0.15) is 11.7 Å². The average molecular weight is 176 g/mol. The second kappa shape index (κ2) is 2.63. The first-order chi connectivity index (χ1) is 5.08. The normalized spacial score (nSPS) is 36.2. The molecule has 4 heteroatoms. The van der Waals surface area contributed by atoms with E-state index in [0.29, 0.717) is 0 Å². The molecule has 2 atom stereocenters. The topological polar surface area (TPSA) is 23.8 Å². The standard InChI is InChI=1S/C7H4ClF2N/c8-7(10)3-1-2-6(9)5(7)4-11/h1-3,5H. The summed E-state index contributed by atoms with van der Waals surface area (Å²) in [5, 5.41) is 5.91. The third kappa shape index (κ3) is 1.41. The van der Waals surface area contributed by atoms with Crippen molar-refractivity contribution in [2.45, 2.75) is 5.13 Å². The van der Waals surface area contributed by atoms with Gasteiger partial charge in [0, 0.05) is 0 Å². The van der Waals surface area contributed by atoms with E-state index in [-0.39, 0.29) is 0 Å². The van der Waals surface area contributed by atoms with Gasteiger partial charge in [0.2, 0.25) is 5.13 Å². The van der Waals surface area contributed by atoms with Crippen LogP contribution < -0.4 is 0 Å². The Balaban J connectivity index is 3.00. The summed E-state index contributed by atoms with van der Waals surface area (Å²) in [6, 6.07) is 1.44. The molecule has 11 heavy (non-hydrogen) atoms. The van der Waals surface area contributed by atoms with E-state index < -0.39 is 16.9 Å². The maximum atomic E-state index is 13.0. The van der Waals surface area contributed by atoms with Crippen LogP contribution in [0.3, 0.4) is 0 Å². The van der Waals surface area contributed by atoms with Gasteiger partial charge in [0.25, 0.3) is 0 Å². The number of halogens is 3. The number of allylic oxidation sites excluding steroid dienone is 4. The molecule has 0 aromatic heterocycles. The monoisotopic (exact) mass is 175 g/mol. The first-order valence-electron chi connectivity index (χ1n) is 2.90. The lowest BCUT2D eigenvalue weighted by Gasteiger charge is -2.20. The van der Waals surface area contributed by atoms with E-state index in [2.05, 4.69) is 0 Å². The van der Waals surface area contributed by atoms with Crippen molar-refractivity contribution < 1.29 is 8.78 Å². The molecule has 1 aliphatic rings. The zero-order valence-electron chi connectivity index (χ0n) is 5.39. The number of alkyl halides is 2. The Kier molecular flexibility index (Phi) is 1.97. The lowest BCUT2D eigenvalue weighted by atomic mass is 9.99. The first-order valence-corrected chi connectivity index (χ1v) is 3.28. The molecule has 0 aromatic rings. The predicted octanol–water partition coefficient (Wildman–Crippen LogP) is 2.45. The largest absolute Gasteiger partial charge is 0.224 e. The minimum absolute atomic E-state index is 0.840. The van der Waals surface area contributed by atoms with Gasteiger partial charge < -0.3 is 0 Å². The Labute approximate surface area is 67.6 Å². The second-order valence-corrected chi connectivity index (χ2v) is 2.73. The zero-order chi connectivity index (χ0) is 8.48. The Morgan fingerprint density at radius 3 is 2.73 bits per heavy atom. The molecule has 0 heterocycles. The van der Waals surface area contributed by atoms with Gasteiger partial charge in [-0.05, 0) is 12.2 Å². The van der Waals surface area contributed by atoms with E-state index in [4.69, 9.17) is 16.9 Å². The Morgan fingerprint density at radius 2 is 2.36 bits per heavy atom. The molecule has 0 radical (unpaired) electrons. The number of rotatable bonds is 0. The van der Waals surface area contributed by atoms with E-state index in [9.17, 15) is 8.78 Å². The highest BCUT2D eigenvalue weighted by atomic mass is 35.5. The molecule has 0 aliphatic heterocycles. The fourth-order valence-electron chi connectivity index (χ4n) is 0.792. The van der Waals surface area contributed by atoms with Crippen LogP contribution in [-0.4, -0.2) is 5.13 Å². The van der Waals surface area contributed by atoms with Gasteiger partial charge in [-0.2, -0.15) is 5.26 Å². The predicted molar refractivity (Wildman–Crippen MR) is 37.1 cm³/mol. The highest BCUT2D eigenvalue weighted by Crippen LogP contribution is 2.36. The van der Waals surface area contributed by atoms with Crippen LogP contribution in [0.5, 0.6) is 0 Å². The third-order valence-electron chi connectivity index (χ3n) is 1.36. The van der Waals surface area contributed by atoms with Crippen LogP contribution in [0.4, 0.5) is 8.78 Å². The van der Waals surface area contributed by atoms with Gasteiger partial charge in [-0.25, -0.2) is 8.78 Å². The smallest absolute Gasteiger partial charge is 0.220 e. The maximum absolute atomic E-state index is 13.0. The molecule has 0 bridgehead atoms. The quantitative estimate of drug-likeness (QED) is 0.519. The van der Waals surface area contributed by atoms with E-state index in [1.807, 2.05) is 0 Å². The van der Waals surface area contributed by atoms with Crippen molar-refractivity contribution in [1.29, 1.82) is 5.26 Å². The Morgan fingerprint density at radius 1 is 1.73 bits per heavy atom. The molecule has 0 amide bonds. The third-order valence-corrected chi connectivity index (χ3v) is 1.71. The van der Waals surface area contributed by atoms with Gasteiger partial charge in [-0.15, -0.1) is 0 Å². The molecule has 0 saturated heterocycles. The number of hydrogen-bond acceptors (Lipinski definition) is 1. The van der Waals surface area contributed by atoms with Crippen molar-refractivity contribution in [2.24, 2.45) is 5.92 Å². The van der Waals surface area contributed by atoms with Crippen LogP contribution in [0.1, 0.15) is 0 Å². The van der Waals surface area contributed by atoms with Gasteiger partial charge in [0.15, 0.2) is 0 Å². The van der Waals surface area contributed by atoms with Crippen LogP contribution in [-0.2, 0) is 0 Å². The molecule has 0 N–H and O–H groups in total. The summed E-state index contributed by atoms with van der Waals surface area (Å²) in [6.45, 7) is 0. The molecule has 0 aromatic carbocycles. The molecule has 1 aliphatic carbocycles. The van der Waals surface area contributed by atoms with Crippen molar-refractivity contribution in [3.05, 3.63) is 24.1 Å². The average Bonchev–Trinajstić information content (AvgIpc) is 1.86. The minimum Gasteiger partial charge on any atom is -0.220 e. The van der Waals surface area contributed by atoms with Crippen LogP contribution >= 0.6 is 11.6 Å². The van der Waals surface area contributed by atoms with Crippen molar-refractivity contribution in [3.8, 4) is 6.07 Å². The highest BCUT2D eigenvalue weighted by molar-refractivity contribution is 6.24. The summed E-state index contributed by atoms with van der Waals surface area (Å²) in [5.41, 5.74) is 0. The summed E-state index contributed by atoms with van der Waals surface area (Å²) in [7, 11) is 0. The van der Waals surface area contributed by atoms with Crippen molar-refractivity contribution in [1.82, 2.24) is 0 Å².